The first kappa shape index (κ1) is 17.5. The maximum Gasteiger partial charge on any atom is 0.0701 e. The molecule has 8 heteroatoms. The first-order valence-electron chi connectivity index (χ1n) is 4.79. The Morgan fingerprint density at radius 2 is 1.06 bits per heavy atom. The highest BCUT2D eigenvalue weighted by molar-refractivity contribution is 4.33. The van der Waals surface area contributed by atoms with Gasteiger partial charge < -0.3 is 24.4 Å². The van der Waals surface area contributed by atoms with Crippen LogP contribution in [0.1, 0.15) is 0 Å². The average Bonchev–Trinajstić information content (AvgIpc) is 2.28. The van der Waals surface area contributed by atoms with E-state index >= 15 is 0 Å². The highest BCUT2D eigenvalue weighted by Crippen LogP contribution is 1.80. The molecule has 0 aliphatic carbocycles. The first-order chi connectivity index (χ1) is 7.83. The topological polar surface area (TPSA) is 128 Å². The third-order valence-electron chi connectivity index (χ3n) is 1.22. The molecule has 0 spiro atoms. The van der Waals surface area contributed by atoms with Crippen LogP contribution in [0.5, 0.6) is 0 Å². The molecule has 8 nitrogen and oxygen atoms in total. The summed E-state index contributed by atoms with van der Waals surface area (Å²) < 4.78 is 15.0. The number of hydrogen-bond donors (Lipinski definition) is 3. The van der Waals surface area contributed by atoms with Gasteiger partial charge >= 0.3 is 0 Å². The molecule has 0 heterocycles. The van der Waals surface area contributed by atoms with Crippen molar-refractivity contribution in [3.8, 4) is 0 Å². The van der Waals surface area contributed by atoms with Crippen LogP contribution in [0.4, 0.5) is 0 Å². The second-order valence-corrected chi connectivity index (χ2v) is 2.38. The number of rotatable bonds is 10. The van der Waals surface area contributed by atoms with Gasteiger partial charge in [0.05, 0.1) is 52.9 Å². The number of hydrogen-bond acceptors (Lipinski definition) is 6. The van der Waals surface area contributed by atoms with Gasteiger partial charge in [0, 0.05) is 0 Å². The van der Waals surface area contributed by atoms with Gasteiger partial charge in [-0.15, -0.1) is 5.53 Å². The Hall–Kier alpha value is -0.890. The molecule has 0 saturated carbocycles. The molecule has 0 amide bonds. The molecule has 0 unspecified atom stereocenters. The number of nitrogens with one attached hydrogen (secondary N) is 1. The minimum Gasteiger partial charge on any atom is -0.394 e. The van der Waals surface area contributed by atoms with Crippen LogP contribution < -0.4 is 0 Å². The van der Waals surface area contributed by atoms with Gasteiger partial charge in [0.2, 0.25) is 0 Å². The van der Waals surface area contributed by atoms with Crippen molar-refractivity contribution in [2.45, 2.75) is 0 Å². The van der Waals surface area contributed by atoms with Crippen LogP contribution in [0, 0.1) is 5.53 Å². The number of nitrogens with zero attached hydrogens (tertiary/aromatic N) is 2. The van der Waals surface area contributed by atoms with Gasteiger partial charge in [-0.1, -0.05) is 0 Å². The van der Waals surface area contributed by atoms with E-state index in [9.17, 15) is 0 Å². The molecule has 0 saturated heterocycles. The normalized spacial score (nSPS) is 9.12. The SMILES string of the molecule is OCCOCCOCCOCCO.[N-]=[N+]=N. The lowest BCUT2D eigenvalue weighted by Crippen LogP contribution is -2.11. The quantitative estimate of drug-likeness (QED) is 0.211. The van der Waals surface area contributed by atoms with Crippen LogP contribution in [0.2, 0.25) is 0 Å². The second-order valence-electron chi connectivity index (χ2n) is 2.38. The van der Waals surface area contributed by atoms with Gasteiger partial charge in [-0.2, -0.15) is 0 Å². The lowest BCUT2D eigenvalue weighted by molar-refractivity contribution is 0.00230. The molecular weight excluding hydrogens is 218 g/mol. The summed E-state index contributed by atoms with van der Waals surface area (Å²) in [5, 5.41) is 16.7. The Labute approximate surface area is 94.2 Å². The zero-order valence-electron chi connectivity index (χ0n) is 9.17. The van der Waals surface area contributed by atoms with Crippen molar-refractivity contribution >= 4 is 0 Å². The molecule has 16 heavy (non-hydrogen) atoms. The first-order valence-corrected chi connectivity index (χ1v) is 4.79. The van der Waals surface area contributed by atoms with E-state index in [-0.39, 0.29) is 13.2 Å². The van der Waals surface area contributed by atoms with Crippen molar-refractivity contribution in [1.82, 2.24) is 0 Å². The van der Waals surface area contributed by atoms with Crippen molar-refractivity contribution in [2.24, 2.45) is 0 Å². The van der Waals surface area contributed by atoms with Crippen LogP contribution in [0.15, 0.2) is 0 Å². The fourth-order valence-electron chi connectivity index (χ4n) is 0.671. The molecule has 0 radical (unpaired) electrons. The Kier molecular flexibility index (Phi) is 21.5. The summed E-state index contributed by atoms with van der Waals surface area (Å²) in [6.07, 6.45) is 0. The molecule has 0 rings (SSSR count). The Balaban J connectivity index is 0. The highest BCUT2D eigenvalue weighted by Gasteiger charge is 1.89. The summed E-state index contributed by atoms with van der Waals surface area (Å²) in [5.74, 6) is 0. The van der Waals surface area contributed by atoms with Crippen LogP contribution in [-0.4, -0.2) is 63.1 Å². The summed E-state index contributed by atoms with van der Waals surface area (Å²) in [7, 11) is 0. The Bertz CT molecular complexity index is 143. The van der Waals surface area contributed by atoms with Crippen molar-refractivity contribution in [3.63, 3.8) is 0 Å². The number of aliphatic hydroxyl groups is 2. The predicted octanol–water partition coefficient (Wildman–Crippen LogP) is -0.104. The molecule has 0 aromatic carbocycles. The second kappa shape index (κ2) is 19.6. The van der Waals surface area contributed by atoms with Gasteiger partial charge in [-0.05, 0) is 10.4 Å². The minimum absolute atomic E-state index is 0.0413. The van der Waals surface area contributed by atoms with Crippen LogP contribution in [0.3, 0.4) is 0 Å². The molecule has 0 bridgehead atoms. The van der Waals surface area contributed by atoms with Gasteiger partial charge in [0.25, 0.3) is 0 Å². The van der Waals surface area contributed by atoms with Crippen molar-refractivity contribution in [1.29, 1.82) is 5.53 Å². The van der Waals surface area contributed by atoms with Crippen molar-refractivity contribution in [3.05, 3.63) is 10.4 Å². The smallest absolute Gasteiger partial charge is 0.0701 e. The molecule has 0 fully saturated rings. The fraction of sp³-hybridized carbons (Fsp3) is 1.00. The molecule has 0 aromatic heterocycles. The maximum atomic E-state index is 8.36. The van der Waals surface area contributed by atoms with Gasteiger partial charge in [-0.25, -0.2) is 0 Å². The summed E-state index contributed by atoms with van der Waals surface area (Å²) >= 11 is 0. The van der Waals surface area contributed by atoms with E-state index in [0.717, 1.165) is 0 Å². The summed E-state index contributed by atoms with van der Waals surface area (Å²) in [4.78, 5) is 1.75. The third-order valence-corrected chi connectivity index (χ3v) is 1.22. The van der Waals surface area contributed by atoms with E-state index in [2.05, 4.69) is 0 Å². The average molecular weight is 237 g/mol. The predicted molar refractivity (Wildman–Crippen MR) is 56.1 cm³/mol. The maximum absolute atomic E-state index is 8.36. The van der Waals surface area contributed by atoms with Crippen molar-refractivity contribution < 1.29 is 24.4 Å². The zero-order valence-corrected chi connectivity index (χ0v) is 9.17. The summed E-state index contributed by atoms with van der Waals surface area (Å²) in [6.45, 7) is 2.76. The number of aliphatic hydroxyl groups excluding tert-OH is 2. The summed E-state index contributed by atoms with van der Waals surface area (Å²) in [6, 6.07) is 0. The molecule has 0 aliphatic heterocycles. The van der Waals surface area contributed by atoms with Gasteiger partial charge in [0.15, 0.2) is 0 Å². The summed E-state index contributed by atoms with van der Waals surface area (Å²) in [5.41, 5.74) is 12.2. The lowest BCUT2D eigenvalue weighted by atomic mass is 10.7. The fourth-order valence-corrected chi connectivity index (χ4v) is 0.671. The van der Waals surface area contributed by atoms with E-state index in [1.54, 1.807) is 4.91 Å². The van der Waals surface area contributed by atoms with E-state index in [1.165, 1.54) is 0 Å². The molecule has 0 aromatic rings. The van der Waals surface area contributed by atoms with Gasteiger partial charge in [0.1, 0.15) is 0 Å². The molecule has 3 N–H and O–H groups in total. The van der Waals surface area contributed by atoms with Crippen LogP contribution in [0.25, 0.3) is 10.4 Å². The standard InChI is InChI=1S/C8H18O5.HN3/c9-1-3-11-5-7-13-8-6-12-4-2-10;1-3-2/h9-10H,1-8H2;1H. The van der Waals surface area contributed by atoms with Crippen LogP contribution >= 0.6 is 0 Å². The monoisotopic (exact) mass is 237 g/mol. The zero-order chi connectivity index (χ0) is 12.5. The van der Waals surface area contributed by atoms with Gasteiger partial charge in [-0.3, -0.25) is 0 Å². The highest BCUT2D eigenvalue weighted by atomic mass is 16.5. The van der Waals surface area contributed by atoms with E-state index in [4.69, 9.17) is 35.5 Å². The molecular formula is C8H19N3O5. The Morgan fingerprint density at radius 1 is 0.812 bits per heavy atom. The minimum atomic E-state index is 0.0413. The van der Waals surface area contributed by atoms with Crippen molar-refractivity contribution in [2.75, 3.05) is 52.9 Å². The Morgan fingerprint density at radius 3 is 1.31 bits per heavy atom. The van der Waals surface area contributed by atoms with E-state index < -0.39 is 0 Å². The largest absolute Gasteiger partial charge is 0.394 e. The molecule has 0 atom stereocenters. The molecule has 0 aliphatic rings. The third kappa shape index (κ3) is 23.2. The van der Waals surface area contributed by atoms with Crippen LogP contribution in [-0.2, 0) is 14.2 Å². The lowest BCUT2D eigenvalue weighted by Gasteiger charge is -2.04. The van der Waals surface area contributed by atoms with E-state index in [0.29, 0.717) is 39.6 Å². The number of ether oxygens (including phenoxy) is 3. The van der Waals surface area contributed by atoms with E-state index in [1.807, 2.05) is 0 Å². The molecule has 96 valence electrons.